The normalized spacial score (nSPS) is 12.1. The molecule has 0 radical (unpaired) electrons. The SMILES string of the molecule is CNC(CCC#N)c1ccc(SC)cc1. The topological polar surface area (TPSA) is 35.8 Å². The molecule has 1 unspecified atom stereocenters. The van der Waals surface area contributed by atoms with Crippen molar-refractivity contribution in [1.29, 1.82) is 5.26 Å². The van der Waals surface area contributed by atoms with Crippen molar-refractivity contribution in [3.8, 4) is 6.07 Å². The molecule has 0 aliphatic carbocycles. The van der Waals surface area contributed by atoms with Crippen molar-refractivity contribution in [3.63, 3.8) is 0 Å². The number of hydrogen-bond acceptors (Lipinski definition) is 3. The van der Waals surface area contributed by atoms with Gasteiger partial charge in [-0.3, -0.25) is 0 Å². The van der Waals surface area contributed by atoms with Gasteiger partial charge in [-0.05, 0) is 37.4 Å². The van der Waals surface area contributed by atoms with E-state index in [4.69, 9.17) is 5.26 Å². The van der Waals surface area contributed by atoms with Crippen LogP contribution in [-0.4, -0.2) is 13.3 Å². The first-order chi connectivity index (χ1) is 7.31. The highest BCUT2D eigenvalue weighted by Crippen LogP contribution is 2.21. The van der Waals surface area contributed by atoms with E-state index < -0.39 is 0 Å². The highest BCUT2D eigenvalue weighted by Gasteiger charge is 2.07. The minimum absolute atomic E-state index is 0.292. The molecule has 0 aromatic heterocycles. The predicted octanol–water partition coefficient (Wildman–Crippen LogP) is 2.97. The first kappa shape index (κ1) is 12.1. The quantitative estimate of drug-likeness (QED) is 0.775. The van der Waals surface area contributed by atoms with Crippen LogP contribution in [0.3, 0.4) is 0 Å². The Hall–Kier alpha value is -0.980. The van der Waals surface area contributed by atoms with Crippen molar-refractivity contribution in [2.75, 3.05) is 13.3 Å². The zero-order chi connectivity index (χ0) is 11.1. The maximum absolute atomic E-state index is 8.56. The van der Waals surface area contributed by atoms with Gasteiger partial charge in [-0.15, -0.1) is 11.8 Å². The van der Waals surface area contributed by atoms with Crippen LogP contribution in [-0.2, 0) is 0 Å². The van der Waals surface area contributed by atoms with Crippen LogP contribution in [0.15, 0.2) is 29.2 Å². The van der Waals surface area contributed by atoms with Crippen LogP contribution >= 0.6 is 11.8 Å². The summed E-state index contributed by atoms with van der Waals surface area (Å²) in [6.45, 7) is 0. The minimum atomic E-state index is 0.292. The van der Waals surface area contributed by atoms with Crippen molar-refractivity contribution < 1.29 is 0 Å². The van der Waals surface area contributed by atoms with Crippen LogP contribution in [0, 0.1) is 11.3 Å². The van der Waals surface area contributed by atoms with Crippen molar-refractivity contribution >= 4 is 11.8 Å². The summed E-state index contributed by atoms with van der Waals surface area (Å²) in [5.74, 6) is 0. The largest absolute Gasteiger partial charge is 0.313 e. The number of hydrogen-bond donors (Lipinski definition) is 1. The summed E-state index contributed by atoms with van der Waals surface area (Å²) in [5.41, 5.74) is 1.26. The van der Waals surface area contributed by atoms with Gasteiger partial charge in [-0.25, -0.2) is 0 Å². The fourth-order valence-corrected chi connectivity index (χ4v) is 1.93. The van der Waals surface area contributed by atoms with Crippen LogP contribution in [0.1, 0.15) is 24.4 Å². The Bertz CT molecular complexity index is 326. The smallest absolute Gasteiger partial charge is 0.0622 e. The van der Waals surface area contributed by atoms with E-state index in [1.54, 1.807) is 11.8 Å². The van der Waals surface area contributed by atoms with Gasteiger partial charge in [-0.1, -0.05) is 12.1 Å². The first-order valence-corrected chi connectivity index (χ1v) is 6.22. The summed E-state index contributed by atoms with van der Waals surface area (Å²) in [6.07, 6.45) is 3.53. The van der Waals surface area contributed by atoms with Crippen LogP contribution in [0.4, 0.5) is 0 Å². The van der Waals surface area contributed by atoms with Crippen LogP contribution in [0.5, 0.6) is 0 Å². The number of thioether (sulfide) groups is 1. The van der Waals surface area contributed by atoms with Crippen molar-refractivity contribution in [2.45, 2.75) is 23.8 Å². The monoisotopic (exact) mass is 220 g/mol. The number of benzene rings is 1. The molecule has 0 aliphatic heterocycles. The maximum Gasteiger partial charge on any atom is 0.0622 e. The molecule has 0 fully saturated rings. The molecular formula is C12H16N2S. The van der Waals surface area contributed by atoms with Gasteiger partial charge in [0.2, 0.25) is 0 Å². The molecule has 80 valence electrons. The number of rotatable bonds is 5. The summed E-state index contributed by atoms with van der Waals surface area (Å²) < 4.78 is 0. The lowest BCUT2D eigenvalue weighted by Crippen LogP contribution is -2.15. The fourth-order valence-electron chi connectivity index (χ4n) is 1.52. The van der Waals surface area contributed by atoms with Crippen LogP contribution in [0.25, 0.3) is 0 Å². The molecule has 0 heterocycles. The van der Waals surface area contributed by atoms with E-state index in [1.165, 1.54) is 10.5 Å². The molecule has 0 aliphatic rings. The summed E-state index contributed by atoms with van der Waals surface area (Å²) in [7, 11) is 1.94. The lowest BCUT2D eigenvalue weighted by Gasteiger charge is -2.15. The number of nitrogens with one attached hydrogen (secondary N) is 1. The van der Waals surface area contributed by atoms with Crippen molar-refractivity contribution in [3.05, 3.63) is 29.8 Å². The van der Waals surface area contributed by atoms with E-state index in [9.17, 15) is 0 Å². The Morgan fingerprint density at radius 3 is 2.53 bits per heavy atom. The van der Waals surface area contributed by atoms with Gasteiger partial charge in [0.25, 0.3) is 0 Å². The van der Waals surface area contributed by atoms with Crippen LogP contribution in [0.2, 0.25) is 0 Å². The molecule has 0 saturated heterocycles. The van der Waals surface area contributed by atoms with Gasteiger partial charge < -0.3 is 5.32 Å². The Morgan fingerprint density at radius 2 is 2.07 bits per heavy atom. The summed E-state index contributed by atoms with van der Waals surface area (Å²) in [4.78, 5) is 1.27. The van der Waals surface area contributed by atoms with E-state index in [-0.39, 0.29) is 0 Å². The molecular weight excluding hydrogens is 204 g/mol. The van der Waals surface area contributed by atoms with Crippen molar-refractivity contribution in [2.24, 2.45) is 0 Å². The van der Waals surface area contributed by atoms with E-state index in [0.29, 0.717) is 12.5 Å². The van der Waals surface area contributed by atoms with Gasteiger partial charge in [0.1, 0.15) is 0 Å². The molecule has 1 N–H and O–H groups in total. The van der Waals surface area contributed by atoms with E-state index >= 15 is 0 Å². The molecule has 1 atom stereocenters. The predicted molar refractivity (Wildman–Crippen MR) is 64.9 cm³/mol. The molecule has 0 bridgehead atoms. The first-order valence-electron chi connectivity index (χ1n) is 5.00. The summed E-state index contributed by atoms with van der Waals surface area (Å²) >= 11 is 1.74. The highest BCUT2D eigenvalue weighted by atomic mass is 32.2. The number of nitrogens with zero attached hydrogens (tertiary/aromatic N) is 1. The van der Waals surface area contributed by atoms with Gasteiger partial charge in [-0.2, -0.15) is 5.26 Å². The van der Waals surface area contributed by atoms with Crippen molar-refractivity contribution in [1.82, 2.24) is 5.32 Å². The molecule has 0 amide bonds. The molecule has 1 rings (SSSR count). The number of nitriles is 1. The van der Waals surface area contributed by atoms with Gasteiger partial charge in [0, 0.05) is 17.4 Å². The third kappa shape index (κ3) is 3.58. The fraction of sp³-hybridized carbons (Fsp3) is 0.417. The summed E-state index contributed by atoms with van der Waals surface area (Å²) in [6, 6.07) is 11.0. The second-order valence-corrected chi connectivity index (χ2v) is 4.19. The molecule has 3 heteroatoms. The maximum atomic E-state index is 8.56. The molecule has 0 spiro atoms. The van der Waals surface area contributed by atoms with Gasteiger partial charge >= 0.3 is 0 Å². The average Bonchev–Trinajstić information content (AvgIpc) is 2.31. The molecule has 0 saturated carbocycles. The average molecular weight is 220 g/mol. The van der Waals surface area contributed by atoms with E-state index in [0.717, 1.165) is 6.42 Å². The highest BCUT2D eigenvalue weighted by molar-refractivity contribution is 7.98. The molecule has 2 nitrogen and oxygen atoms in total. The zero-order valence-corrected chi connectivity index (χ0v) is 9.97. The standard InChI is InChI=1S/C12H16N2S/c1-14-12(4-3-9-13)10-5-7-11(15-2)8-6-10/h5-8,12,14H,3-4H2,1-2H3. The van der Waals surface area contributed by atoms with Gasteiger partial charge in [0.15, 0.2) is 0 Å². The molecule has 1 aromatic carbocycles. The third-order valence-electron chi connectivity index (χ3n) is 2.41. The lowest BCUT2D eigenvalue weighted by molar-refractivity contribution is 0.557. The minimum Gasteiger partial charge on any atom is -0.313 e. The lowest BCUT2D eigenvalue weighted by atomic mass is 10.0. The second-order valence-electron chi connectivity index (χ2n) is 3.31. The Kier molecular flexibility index (Phi) is 5.23. The Labute approximate surface area is 95.7 Å². The Morgan fingerprint density at radius 1 is 1.40 bits per heavy atom. The van der Waals surface area contributed by atoms with E-state index in [2.05, 4.69) is 41.9 Å². The second kappa shape index (κ2) is 6.49. The zero-order valence-electron chi connectivity index (χ0n) is 9.16. The molecule has 15 heavy (non-hydrogen) atoms. The molecule has 1 aromatic rings. The van der Waals surface area contributed by atoms with E-state index in [1.807, 2.05) is 7.05 Å². The summed E-state index contributed by atoms with van der Waals surface area (Å²) in [5, 5.41) is 11.8. The van der Waals surface area contributed by atoms with Gasteiger partial charge in [0.05, 0.1) is 6.07 Å². The third-order valence-corrected chi connectivity index (χ3v) is 3.16. The van der Waals surface area contributed by atoms with Crippen LogP contribution < -0.4 is 5.32 Å². The Balaban J connectivity index is 2.70.